The number of halogens is 1. The topological polar surface area (TPSA) is 32.3 Å². The number of benzene rings is 2. The Bertz CT molecular complexity index is 696. The largest absolute Gasteiger partial charge is 0.508 e. The third kappa shape index (κ3) is 2.49. The van der Waals surface area contributed by atoms with Gasteiger partial charge in [0, 0.05) is 16.3 Å². The molecule has 21 heavy (non-hydrogen) atoms. The molecule has 2 unspecified atom stereocenters. The number of fused-ring (bicyclic) bond motifs is 1. The van der Waals surface area contributed by atoms with Gasteiger partial charge < -0.3 is 10.4 Å². The minimum absolute atomic E-state index is 0.133. The molecule has 0 saturated heterocycles. The highest BCUT2D eigenvalue weighted by Gasteiger charge is 2.32. The highest BCUT2D eigenvalue weighted by molar-refractivity contribution is 6.31. The van der Waals surface area contributed by atoms with E-state index in [1.807, 2.05) is 31.2 Å². The molecule has 1 aliphatic rings. The van der Waals surface area contributed by atoms with Crippen LogP contribution in [0.15, 0.2) is 30.3 Å². The summed E-state index contributed by atoms with van der Waals surface area (Å²) in [6, 6.07) is 9.93. The van der Waals surface area contributed by atoms with Crippen LogP contribution in [0.4, 0.5) is 5.69 Å². The van der Waals surface area contributed by atoms with Gasteiger partial charge in [-0.25, -0.2) is 0 Å². The summed E-state index contributed by atoms with van der Waals surface area (Å²) in [5, 5.41) is 14.5. The zero-order valence-electron chi connectivity index (χ0n) is 12.6. The van der Waals surface area contributed by atoms with Gasteiger partial charge in [0.2, 0.25) is 0 Å². The van der Waals surface area contributed by atoms with Crippen molar-refractivity contribution in [3.63, 3.8) is 0 Å². The maximum absolute atomic E-state index is 10.3. The third-order valence-corrected chi connectivity index (χ3v) is 4.83. The van der Waals surface area contributed by atoms with Gasteiger partial charge in [0.25, 0.3) is 0 Å². The number of phenolic OH excluding ortho intramolecular Hbond substituents is 1. The molecule has 0 bridgehead atoms. The summed E-state index contributed by atoms with van der Waals surface area (Å²) in [6.45, 7) is 6.32. The van der Waals surface area contributed by atoms with E-state index in [1.54, 1.807) is 6.07 Å². The van der Waals surface area contributed by atoms with Gasteiger partial charge >= 0.3 is 0 Å². The second-order valence-electron chi connectivity index (χ2n) is 6.03. The van der Waals surface area contributed by atoms with Crippen LogP contribution in [0.25, 0.3) is 0 Å². The van der Waals surface area contributed by atoms with Crippen molar-refractivity contribution in [1.29, 1.82) is 0 Å². The fourth-order valence-electron chi connectivity index (χ4n) is 3.36. The lowest BCUT2D eigenvalue weighted by atomic mass is 9.97. The monoisotopic (exact) mass is 301 g/mol. The Morgan fingerprint density at radius 2 is 1.81 bits per heavy atom. The Labute approximate surface area is 130 Å². The second kappa shape index (κ2) is 5.27. The maximum Gasteiger partial charge on any atom is 0.121 e. The highest BCUT2D eigenvalue weighted by Crippen LogP contribution is 2.47. The lowest BCUT2D eigenvalue weighted by Crippen LogP contribution is -2.07. The van der Waals surface area contributed by atoms with Crippen molar-refractivity contribution in [3.05, 3.63) is 57.6 Å². The summed E-state index contributed by atoms with van der Waals surface area (Å²) in [5.74, 6) is 0.834. The first-order valence-corrected chi connectivity index (χ1v) is 7.70. The van der Waals surface area contributed by atoms with Crippen molar-refractivity contribution in [3.8, 4) is 5.75 Å². The number of aryl methyl sites for hydroxylation is 2. The smallest absolute Gasteiger partial charge is 0.121 e. The summed E-state index contributed by atoms with van der Waals surface area (Å²) in [6.07, 6.45) is 0.985. The number of aromatic hydroxyl groups is 1. The molecule has 3 heteroatoms. The van der Waals surface area contributed by atoms with Crippen LogP contribution in [0.1, 0.15) is 47.6 Å². The van der Waals surface area contributed by atoms with Crippen LogP contribution in [-0.4, -0.2) is 5.11 Å². The van der Waals surface area contributed by atoms with Gasteiger partial charge in [-0.3, -0.25) is 0 Å². The van der Waals surface area contributed by atoms with E-state index in [0.717, 1.165) is 28.3 Å². The van der Waals surface area contributed by atoms with Gasteiger partial charge in [-0.1, -0.05) is 30.7 Å². The molecule has 0 heterocycles. The van der Waals surface area contributed by atoms with Crippen molar-refractivity contribution in [1.82, 2.24) is 0 Å². The van der Waals surface area contributed by atoms with Crippen LogP contribution in [0.2, 0.25) is 5.02 Å². The standard InChI is InChI=1S/C18H20ClNO/c1-10-4-6-13(9-14(10)19)20-15-8-12(3)17-11(2)5-7-16(21)18(15)17/h4-7,9,12,15,20-21H,8H2,1-3H3. The van der Waals surface area contributed by atoms with Gasteiger partial charge in [0.1, 0.15) is 5.75 Å². The number of nitrogens with one attached hydrogen (secondary N) is 1. The van der Waals surface area contributed by atoms with Crippen molar-refractivity contribution < 1.29 is 5.11 Å². The predicted octanol–water partition coefficient (Wildman–Crippen LogP) is 5.32. The predicted molar refractivity (Wildman–Crippen MR) is 88.4 cm³/mol. The van der Waals surface area contributed by atoms with Gasteiger partial charge in [-0.2, -0.15) is 0 Å². The Kier molecular flexibility index (Phi) is 3.58. The minimum Gasteiger partial charge on any atom is -0.508 e. The number of anilines is 1. The molecule has 2 N–H and O–H groups in total. The first-order valence-electron chi connectivity index (χ1n) is 7.32. The molecule has 2 atom stereocenters. The molecular formula is C18H20ClNO. The van der Waals surface area contributed by atoms with Gasteiger partial charge in [-0.15, -0.1) is 0 Å². The van der Waals surface area contributed by atoms with E-state index < -0.39 is 0 Å². The van der Waals surface area contributed by atoms with Crippen molar-refractivity contribution in [2.75, 3.05) is 5.32 Å². The van der Waals surface area contributed by atoms with Crippen LogP contribution < -0.4 is 5.32 Å². The van der Waals surface area contributed by atoms with E-state index in [4.69, 9.17) is 11.6 Å². The van der Waals surface area contributed by atoms with E-state index in [2.05, 4.69) is 19.2 Å². The molecule has 0 radical (unpaired) electrons. The molecule has 0 saturated carbocycles. The average Bonchev–Trinajstić information content (AvgIpc) is 2.76. The fourth-order valence-corrected chi connectivity index (χ4v) is 3.54. The third-order valence-electron chi connectivity index (χ3n) is 4.43. The molecule has 0 aliphatic heterocycles. The van der Waals surface area contributed by atoms with E-state index in [-0.39, 0.29) is 6.04 Å². The molecule has 0 amide bonds. The Hall–Kier alpha value is -1.67. The molecule has 3 rings (SSSR count). The SMILES string of the molecule is Cc1ccc(NC2CC(C)c3c(C)ccc(O)c32)cc1Cl. The number of phenols is 1. The lowest BCUT2D eigenvalue weighted by molar-refractivity contribution is 0.465. The van der Waals surface area contributed by atoms with Gasteiger partial charge in [0.15, 0.2) is 0 Å². The van der Waals surface area contributed by atoms with Crippen molar-refractivity contribution in [2.45, 2.75) is 39.2 Å². The first kappa shape index (κ1) is 14.3. The van der Waals surface area contributed by atoms with Crippen molar-refractivity contribution in [2.24, 2.45) is 0 Å². The van der Waals surface area contributed by atoms with Gasteiger partial charge in [-0.05, 0) is 61.1 Å². The Balaban J connectivity index is 1.96. The zero-order chi connectivity index (χ0) is 15.1. The summed E-state index contributed by atoms with van der Waals surface area (Å²) >= 11 is 6.20. The van der Waals surface area contributed by atoms with E-state index in [9.17, 15) is 5.11 Å². The van der Waals surface area contributed by atoms with E-state index >= 15 is 0 Å². The number of hydrogen-bond acceptors (Lipinski definition) is 2. The Morgan fingerprint density at radius 1 is 1.10 bits per heavy atom. The van der Waals surface area contributed by atoms with Crippen LogP contribution in [0, 0.1) is 13.8 Å². The molecular weight excluding hydrogens is 282 g/mol. The van der Waals surface area contributed by atoms with Crippen LogP contribution in [0.3, 0.4) is 0 Å². The summed E-state index contributed by atoms with van der Waals surface area (Å²) < 4.78 is 0. The number of hydrogen-bond donors (Lipinski definition) is 2. The highest BCUT2D eigenvalue weighted by atomic mass is 35.5. The second-order valence-corrected chi connectivity index (χ2v) is 6.43. The molecule has 2 aromatic carbocycles. The minimum atomic E-state index is 0.133. The number of rotatable bonds is 2. The molecule has 1 aliphatic carbocycles. The molecule has 0 aromatic heterocycles. The summed E-state index contributed by atoms with van der Waals surface area (Å²) in [5.41, 5.74) is 5.64. The maximum atomic E-state index is 10.3. The van der Waals surface area contributed by atoms with Crippen LogP contribution >= 0.6 is 11.6 Å². The normalized spacial score (nSPS) is 20.4. The zero-order valence-corrected chi connectivity index (χ0v) is 13.3. The molecule has 0 spiro atoms. The van der Waals surface area contributed by atoms with Crippen LogP contribution in [-0.2, 0) is 0 Å². The molecule has 0 fully saturated rings. The van der Waals surface area contributed by atoms with E-state index in [1.165, 1.54) is 11.1 Å². The van der Waals surface area contributed by atoms with Crippen LogP contribution in [0.5, 0.6) is 5.75 Å². The fraction of sp³-hybridized carbons (Fsp3) is 0.333. The lowest BCUT2D eigenvalue weighted by Gasteiger charge is -2.17. The average molecular weight is 302 g/mol. The first-order chi connectivity index (χ1) is 9.97. The summed E-state index contributed by atoms with van der Waals surface area (Å²) in [4.78, 5) is 0. The molecule has 2 nitrogen and oxygen atoms in total. The van der Waals surface area contributed by atoms with Gasteiger partial charge in [0.05, 0.1) is 6.04 Å². The molecule has 2 aromatic rings. The Morgan fingerprint density at radius 3 is 2.52 bits per heavy atom. The quantitative estimate of drug-likeness (QED) is 0.786. The van der Waals surface area contributed by atoms with Crippen molar-refractivity contribution >= 4 is 17.3 Å². The molecule has 110 valence electrons. The van der Waals surface area contributed by atoms with E-state index in [0.29, 0.717) is 11.7 Å². The summed E-state index contributed by atoms with van der Waals surface area (Å²) in [7, 11) is 0.